The third kappa shape index (κ3) is 2.18. The molecular weight excluding hydrogens is 188 g/mol. The van der Waals surface area contributed by atoms with Crippen molar-refractivity contribution >= 4 is 5.91 Å². The van der Waals surface area contributed by atoms with Gasteiger partial charge in [0.2, 0.25) is 0 Å². The van der Waals surface area contributed by atoms with Crippen molar-refractivity contribution in [3.05, 3.63) is 34.9 Å². The first-order chi connectivity index (χ1) is 7.16. The highest BCUT2D eigenvalue weighted by Gasteiger charge is 2.13. The number of carbonyl (C=O) groups is 1. The minimum Gasteiger partial charge on any atom is -0.285 e. The number of fused-ring (bicyclic) bond motifs is 1. The molecule has 0 unspecified atom stereocenters. The van der Waals surface area contributed by atoms with Crippen LogP contribution in [0.5, 0.6) is 0 Å². The highest BCUT2D eigenvalue weighted by atomic mass is 16.2. The summed E-state index contributed by atoms with van der Waals surface area (Å²) in [5, 5.41) is 1.66. The molecule has 3 nitrogen and oxygen atoms in total. The summed E-state index contributed by atoms with van der Waals surface area (Å²) in [7, 11) is 3.62. The van der Waals surface area contributed by atoms with Gasteiger partial charge in [-0.3, -0.25) is 10.2 Å². The lowest BCUT2D eigenvalue weighted by atomic mass is 10.1. The van der Waals surface area contributed by atoms with Crippen molar-refractivity contribution in [1.29, 1.82) is 0 Å². The number of hydrazine groups is 1. The Labute approximate surface area is 90.1 Å². The molecule has 1 aromatic rings. The Bertz CT molecular complexity index is 385. The first-order valence-electron chi connectivity index (χ1n) is 5.27. The van der Waals surface area contributed by atoms with E-state index in [1.54, 1.807) is 5.01 Å². The zero-order valence-corrected chi connectivity index (χ0v) is 9.21. The van der Waals surface area contributed by atoms with E-state index in [9.17, 15) is 4.79 Å². The van der Waals surface area contributed by atoms with Crippen LogP contribution >= 0.6 is 0 Å². The minimum atomic E-state index is -0.0327. The maximum Gasteiger partial charge on any atom is 0.265 e. The van der Waals surface area contributed by atoms with Crippen LogP contribution in [0, 0.1) is 0 Å². The van der Waals surface area contributed by atoms with Crippen LogP contribution in [0.3, 0.4) is 0 Å². The molecule has 1 amide bonds. The second-order valence-electron chi connectivity index (χ2n) is 4.17. The van der Waals surface area contributed by atoms with Crippen molar-refractivity contribution < 1.29 is 4.79 Å². The Hall–Kier alpha value is -1.35. The largest absolute Gasteiger partial charge is 0.285 e. The molecule has 0 bridgehead atoms. The number of aryl methyl sites for hydroxylation is 2. The van der Waals surface area contributed by atoms with Crippen molar-refractivity contribution in [2.45, 2.75) is 19.3 Å². The summed E-state index contributed by atoms with van der Waals surface area (Å²) in [6.07, 6.45) is 3.48. The molecule has 0 aliphatic heterocycles. The van der Waals surface area contributed by atoms with E-state index in [-0.39, 0.29) is 5.91 Å². The first-order valence-corrected chi connectivity index (χ1v) is 5.27. The molecule has 0 atom stereocenters. The summed E-state index contributed by atoms with van der Waals surface area (Å²) < 4.78 is 0. The predicted molar refractivity (Wildman–Crippen MR) is 59.6 cm³/mol. The average Bonchev–Trinajstić information content (AvgIpc) is 2.62. The number of amides is 1. The summed E-state index contributed by atoms with van der Waals surface area (Å²) in [6, 6.07) is 6.00. The summed E-state index contributed by atoms with van der Waals surface area (Å²) in [4.78, 5) is 11.7. The van der Waals surface area contributed by atoms with Gasteiger partial charge in [-0.05, 0) is 42.5 Å². The van der Waals surface area contributed by atoms with Crippen LogP contribution in [0.25, 0.3) is 0 Å². The van der Waals surface area contributed by atoms with Crippen LogP contribution in [0.15, 0.2) is 18.2 Å². The van der Waals surface area contributed by atoms with E-state index in [2.05, 4.69) is 11.5 Å². The second-order valence-corrected chi connectivity index (χ2v) is 4.17. The quantitative estimate of drug-likeness (QED) is 0.738. The summed E-state index contributed by atoms with van der Waals surface area (Å²) in [6.45, 7) is 0. The standard InChI is InChI=1S/C12H16N2O/c1-14(2)13-12(15)11-7-6-9-4-3-5-10(9)8-11/h6-8H,3-5H2,1-2H3,(H,13,15). The summed E-state index contributed by atoms with van der Waals surface area (Å²) in [5.74, 6) is -0.0327. The van der Waals surface area contributed by atoms with E-state index in [4.69, 9.17) is 0 Å². The van der Waals surface area contributed by atoms with Gasteiger partial charge in [-0.1, -0.05) is 6.07 Å². The number of hydrogen-bond donors (Lipinski definition) is 1. The molecule has 0 fully saturated rings. The number of rotatable bonds is 2. The van der Waals surface area contributed by atoms with E-state index in [0.29, 0.717) is 0 Å². The SMILES string of the molecule is CN(C)NC(=O)c1ccc2c(c1)CCC2. The molecule has 2 rings (SSSR count). The third-order valence-electron chi connectivity index (χ3n) is 2.69. The van der Waals surface area contributed by atoms with Gasteiger partial charge in [-0.15, -0.1) is 0 Å². The van der Waals surface area contributed by atoms with Crippen molar-refractivity contribution in [3.8, 4) is 0 Å². The van der Waals surface area contributed by atoms with E-state index >= 15 is 0 Å². The smallest absolute Gasteiger partial charge is 0.265 e. The predicted octanol–water partition coefficient (Wildman–Crippen LogP) is 1.38. The average molecular weight is 204 g/mol. The Balaban J connectivity index is 2.19. The summed E-state index contributed by atoms with van der Waals surface area (Å²) >= 11 is 0. The maximum atomic E-state index is 11.7. The minimum absolute atomic E-state index is 0.0327. The number of hydrogen-bond acceptors (Lipinski definition) is 2. The number of carbonyl (C=O) groups excluding carboxylic acids is 1. The van der Waals surface area contributed by atoms with E-state index < -0.39 is 0 Å². The van der Waals surface area contributed by atoms with Crippen molar-refractivity contribution in [2.24, 2.45) is 0 Å². The number of benzene rings is 1. The van der Waals surface area contributed by atoms with E-state index in [0.717, 1.165) is 18.4 Å². The van der Waals surface area contributed by atoms with Gasteiger partial charge >= 0.3 is 0 Å². The molecule has 0 aromatic heterocycles. The van der Waals surface area contributed by atoms with Crippen molar-refractivity contribution in [2.75, 3.05) is 14.1 Å². The lowest BCUT2D eigenvalue weighted by Gasteiger charge is -2.12. The molecule has 1 N–H and O–H groups in total. The summed E-state index contributed by atoms with van der Waals surface area (Å²) in [5.41, 5.74) is 6.23. The molecule has 15 heavy (non-hydrogen) atoms. The van der Waals surface area contributed by atoms with Gasteiger partial charge in [0.1, 0.15) is 0 Å². The van der Waals surface area contributed by atoms with E-state index in [1.807, 2.05) is 26.2 Å². The fourth-order valence-corrected chi connectivity index (χ4v) is 1.98. The lowest BCUT2D eigenvalue weighted by Crippen LogP contribution is -2.36. The molecule has 80 valence electrons. The fraction of sp³-hybridized carbons (Fsp3) is 0.417. The molecule has 0 spiro atoms. The molecule has 3 heteroatoms. The van der Waals surface area contributed by atoms with Crippen LogP contribution in [0.2, 0.25) is 0 Å². The molecule has 1 aliphatic carbocycles. The molecule has 0 heterocycles. The fourth-order valence-electron chi connectivity index (χ4n) is 1.98. The van der Waals surface area contributed by atoms with E-state index in [1.165, 1.54) is 17.5 Å². The highest BCUT2D eigenvalue weighted by molar-refractivity contribution is 5.94. The zero-order valence-electron chi connectivity index (χ0n) is 9.21. The third-order valence-corrected chi connectivity index (χ3v) is 2.69. The molecule has 1 aromatic carbocycles. The van der Waals surface area contributed by atoms with Crippen LogP contribution < -0.4 is 5.43 Å². The van der Waals surface area contributed by atoms with Crippen LogP contribution in [0.4, 0.5) is 0 Å². The monoisotopic (exact) mass is 204 g/mol. The number of nitrogens with zero attached hydrogens (tertiary/aromatic N) is 1. The number of nitrogens with one attached hydrogen (secondary N) is 1. The second kappa shape index (κ2) is 4.03. The van der Waals surface area contributed by atoms with Crippen LogP contribution in [-0.2, 0) is 12.8 Å². The Morgan fingerprint density at radius 3 is 2.73 bits per heavy atom. The van der Waals surface area contributed by atoms with Gasteiger partial charge in [0.05, 0.1) is 0 Å². The Morgan fingerprint density at radius 2 is 2.00 bits per heavy atom. The topological polar surface area (TPSA) is 32.3 Å². The Kier molecular flexibility index (Phi) is 2.73. The van der Waals surface area contributed by atoms with Gasteiger partial charge in [0.15, 0.2) is 0 Å². The molecule has 0 saturated heterocycles. The highest BCUT2D eigenvalue weighted by Crippen LogP contribution is 2.22. The Morgan fingerprint density at radius 1 is 1.27 bits per heavy atom. The van der Waals surface area contributed by atoms with Gasteiger partial charge in [-0.2, -0.15) is 0 Å². The molecule has 0 radical (unpaired) electrons. The normalized spacial score (nSPS) is 14.1. The van der Waals surface area contributed by atoms with Gasteiger partial charge < -0.3 is 0 Å². The van der Waals surface area contributed by atoms with Crippen molar-refractivity contribution in [1.82, 2.24) is 10.4 Å². The van der Waals surface area contributed by atoms with Crippen molar-refractivity contribution in [3.63, 3.8) is 0 Å². The van der Waals surface area contributed by atoms with Gasteiger partial charge in [0.25, 0.3) is 5.91 Å². The maximum absolute atomic E-state index is 11.7. The molecule has 1 aliphatic rings. The van der Waals surface area contributed by atoms with Gasteiger partial charge in [0, 0.05) is 19.7 Å². The van der Waals surface area contributed by atoms with Crippen LogP contribution in [-0.4, -0.2) is 25.0 Å². The lowest BCUT2D eigenvalue weighted by molar-refractivity contribution is 0.0857. The molecule has 0 saturated carbocycles. The molecular formula is C12H16N2O. The van der Waals surface area contributed by atoms with Gasteiger partial charge in [-0.25, -0.2) is 5.01 Å². The zero-order chi connectivity index (χ0) is 10.8. The first kappa shape index (κ1) is 10.2. The van der Waals surface area contributed by atoms with Crippen LogP contribution in [0.1, 0.15) is 27.9 Å².